The van der Waals surface area contributed by atoms with Crippen LogP contribution in [-0.2, 0) is 6.54 Å². The van der Waals surface area contributed by atoms with Crippen molar-refractivity contribution >= 4 is 0 Å². The molecule has 0 bridgehead atoms. The molecule has 1 aromatic carbocycles. The molecule has 2 aromatic rings. The largest absolute Gasteiger partial charge is 0.395 e. The summed E-state index contributed by atoms with van der Waals surface area (Å²) in [5, 5.41) is 9.40. The molecule has 104 valence electrons. The Labute approximate surface area is 119 Å². The molecule has 3 rings (SSSR count). The van der Waals surface area contributed by atoms with Crippen molar-refractivity contribution in [3.63, 3.8) is 0 Å². The van der Waals surface area contributed by atoms with E-state index in [2.05, 4.69) is 34.1 Å². The van der Waals surface area contributed by atoms with Gasteiger partial charge in [-0.3, -0.25) is 9.88 Å². The van der Waals surface area contributed by atoms with Gasteiger partial charge in [0.2, 0.25) is 0 Å². The summed E-state index contributed by atoms with van der Waals surface area (Å²) in [5.74, 6) is 0. The first-order chi connectivity index (χ1) is 9.86. The summed E-state index contributed by atoms with van der Waals surface area (Å²) in [6.45, 7) is 2.28. The Balaban J connectivity index is 1.78. The Kier molecular flexibility index (Phi) is 4.09. The number of pyridine rings is 1. The number of hydrogen-bond acceptors (Lipinski definition) is 3. The van der Waals surface area contributed by atoms with E-state index in [9.17, 15) is 5.11 Å². The van der Waals surface area contributed by atoms with Gasteiger partial charge in [0, 0.05) is 25.0 Å². The highest BCUT2D eigenvalue weighted by molar-refractivity contribution is 5.63. The molecule has 0 saturated carbocycles. The highest BCUT2D eigenvalue weighted by Gasteiger charge is 2.23. The van der Waals surface area contributed by atoms with Gasteiger partial charge in [0.1, 0.15) is 0 Å². The van der Waals surface area contributed by atoms with Crippen molar-refractivity contribution in [2.24, 2.45) is 0 Å². The second-order valence-electron chi connectivity index (χ2n) is 5.39. The van der Waals surface area contributed by atoms with E-state index in [1.165, 1.54) is 23.1 Å². The van der Waals surface area contributed by atoms with E-state index in [1.54, 1.807) is 0 Å². The highest BCUT2D eigenvalue weighted by atomic mass is 16.3. The van der Waals surface area contributed by atoms with Crippen LogP contribution in [0.25, 0.3) is 11.1 Å². The van der Waals surface area contributed by atoms with Crippen LogP contribution in [0.4, 0.5) is 0 Å². The third-order valence-electron chi connectivity index (χ3n) is 4.04. The molecular weight excluding hydrogens is 248 g/mol. The second-order valence-corrected chi connectivity index (χ2v) is 5.39. The van der Waals surface area contributed by atoms with Gasteiger partial charge in [-0.15, -0.1) is 0 Å². The number of nitrogens with zero attached hydrogens (tertiary/aromatic N) is 2. The normalized spacial score (nSPS) is 19.4. The monoisotopic (exact) mass is 268 g/mol. The summed E-state index contributed by atoms with van der Waals surface area (Å²) in [4.78, 5) is 6.44. The van der Waals surface area contributed by atoms with Gasteiger partial charge >= 0.3 is 0 Å². The van der Waals surface area contributed by atoms with Gasteiger partial charge in [-0.25, -0.2) is 0 Å². The number of aliphatic hydroxyl groups is 1. The van der Waals surface area contributed by atoms with Gasteiger partial charge in [-0.2, -0.15) is 0 Å². The van der Waals surface area contributed by atoms with Crippen molar-refractivity contribution in [2.75, 3.05) is 13.2 Å². The lowest BCUT2D eigenvalue weighted by Crippen LogP contribution is -2.31. The molecular formula is C17H20N2O. The first-order valence-electron chi connectivity index (χ1n) is 7.21. The summed E-state index contributed by atoms with van der Waals surface area (Å²) < 4.78 is 0. The topological polar surface area (TPSA) is 36.4 Å². The van der Waals surface area contributed by atoms with E-state index >= 15 is 0 Å². The maximum Gasteiger partial charge on any atom is 0.0587 e. The number of likely N-dealkylation sites (tertiary alicyclic amines) is 1. The van der Waals surface area contributed by atoms with Crippen LogP contribution in [0.2, 0.25) is 0 Å². The number of aliphatic hydroxyl groups excluding tert-OH is 1. The number of benzene rings is 1. The van der Waals surface area contributed by atoms with Gasteiger partial charge in [-0.1, -0.05) is 18.2 Å². The summed E-state index contributed by atoms with van der Waals surface area (Å²) >= 11 is 0. The van der Waals surface area contributed by atoms with E-state index < -0.39 is 0 Å². The number of hydrogen-bond donors (Lipinski definition) is 1. The van der Waals surface area contributed by atoms with Crippen LogP contribution >= 0.6 is 0 Å². The standard InChI is InChI=1S/C17H20N2O/c20-13-17-5-2-10-19(17)12-14-3-1-4-16(11-14)15-6-8-18-9-7-15/h1,3-4,6-9,11,17,20H,2,5,10,12-13H2/t17-/m1/s1. The van der Waals surface area contributed by atoms with Crippen LogP contribution < -0.4 is 0 Å². The van der Waals surface area contributed by atoms with Gasteiger partial charge in [0.05, 0.1) is 6.61 Å². The van der Waals surface area contributed by atoms with E-state index in [4.69, 9.17) is 0 Å². The maximum absolute atomic E-state index is 9.40. The zero-order valence-corrected chi connectivity index (χ0v) is 11.6. The molecule has 1 aromatic heterocycles. The summed E-state index contributed by atoms with van der Waals surface area (Å²) in [7, 11) is 0. The van der Waals surface area contributed by atoms with Gasteiger partial charge in [0.15, 0.2) is 0 Å². The van der Waals surface area contributed by atoms with E-state index in [0.29, 0.717) is 6.04 Å². The minimum atomic E-state index is 0.268. The zero-order chi connectivity index (χ0) is 13.8. The third-order valence-corrected chi connectivity index (χ3v) is 4.04. The van der Waals surface area contributed by atoms with Crippen LogP contribution in [0, 0.1) is 0 Å². The molecule has 3 heteroatoms. The minimum Gasteiger partial charge on any atom is -0.395 e. The summed E-state index contributed by atoms with van der Waals surface area (Å²) in [6, 6.07) is 13.0. The van der Waals surface area contributed by atoms with Crippen LogP contribution in [-0.4, -0.2) is 34.2 Å². The molecule has 0 radical (unpaired) electrons. The molecule has 0 aliphatic carbocycles. The quantitative estimate of drug-likeness (QED) is 0.926. The van der Waals surface area contributed by atoms with Crippen molar-refractivity contribution < 1.29 is 5.11 Å². The lowest BCUT2D eigenvalue weighted by atomic mass is 10.0. The van der Waals surface area contributed by atoms with Crippen molar-refractivity contribution in [2.45, 2.75) is 25.4 Å². The fraction of sp³-hybridized carbons (Fsp3) is 0.353. The van der Waals surface area contributed by atoms with Crippen molar-refractivity contribution in [3.05, 3.63) is 54.4 Å². The molecule has 1 N–H and O–H groups in total. The van der Waals surface area contributed by atoms with Gasteiger partial charge in [-0.05, 0) is 54.3 Å². The number of aromatic nitrogens is 1. The highest BCUT2D eigenvalue weighted by Crippen LogP contribution is 2.23. The molecule has 1 saturated heterocycles. The molecule has 0 spiro atoms. The third kappa shape index (κ3) is 2.89. The summed E-state index contributed by atoms with van der Waals surface area (Å²) in [6.07, 6.45) is 5.95. The van der Waals surface area contributed by atoms with Crippen molar-refractivity contribution in [1.82, 2.24) is 9.88 Å². The molecule has 0 unspecified atom stereocenters. The van der Waals surface area contributed by atoms with Crippen LogP contribution in [0.3, 0.4) is 0 Å². The Morgan fingerprint density at radius 2 is 2.00 bits per heavy atom. The van der Waals surface area contributed by atoms with Gasteiger partial charge in [0.25, 0.3) is 0 Å². The lowest BCUT2D eigenvalue weighted by Gasteiger charge is -2.22. The number of rotatable bonds is 4. The van der Waals surface area contributed by atoms with Gasteiger partial charge < -0.3 is 5.11 Å². The maximum atomic E-state index is 9.40. The fourth-order valence-electron chi connectivity index (χ4n) is 2.94. The predicted octanol–water partition coefficient (Wildman–Crippen LogP) is 2.71. The molecule has 1 fully saturated rings. The van der Waals surface area contributed by atoms with E-state index in [-0.39, 0.29) is 6.61 Å². The summed E-state index contributed by atoms with van der Waals surface area (Å²) in [5.41, 5.74) is 3.73. The van der Waals surface area contributed by atoms with Crippen molar-refractivity contribution in [3.8, 4) is 11.1 Å². The Morgan fingerprint density at radius 3 is 2.80 bits per heavy atom. The van der Waals surface area contributed by atoms with Crippen LogP contribution in [0.5, 0.6) is 0 Å². The van der Waals surface area contributed by atoms with E-state index in [1.807, 2.05) is 24.5 Å². The fourth-order valence-corrected chi connectivity index (χ4v) is 2.94. The lowest BCUT2D eigenvalue weighted by molar-refractivity contribution is 0.153. The smallest absolute Gasteiger partial charge is 0.0587 e. The SMILES string of the molecule is OC[C@H]1CCCN1Cc1cccc(-c2ccncc2)c1. The van der Waals surface area contributed by atoms with Crippen LogP contribution in [0.15, 0.2) is 48.8 Å². The average molecular weight is 268 g/mol. The zero-order valence-electron chi connectivity index (χ0n) is 11.6. The Hall–Kier alpha value is -1.71. The first-order valence-corrected chi connectivity index (χ1v) is 7.21. The molecule has 1 atom stereocenters. The van der Waals surface area contributed by atoms with Crippen LogP contribution in [0.1, 0.15) is 18.4 Å². The molecule has 3 nitrogen and oxygen atoms in total. The molecule has 1 aliphatic rings. The predicted molar refractivity (Wildman–Crippen MR) is 80.2 cm³/mol. The van der Waals surface area contributed by atoms with E-state index in [0.717, 1.165) is 19.5 Å². The minimum absolute atomic E-state index is 0.268. The Morgan fingerprint density at radius 1 is 1.15 bits per heavy atom. The second kappa shape index (κ2) is 6.16. The molecule has 1 aliphatic heterocycles. The molecule has 0 amide bonds. The first kappa shape index (κ1) is 13.3. The average Bonchev–Trinajstić information content (AvgIpc) is 2.96. The molecule has 20 heavy (non-hydrogen) atoms. The molecule has 2 heterocycles. The van der Waals surface area contributed by atoms with Crippen molar-refractivity contribution in [1.29, 1.82) is 0 Å². The Bertz CT molecular complexity index is 556.